The number of Topliss-reactive ketones (excluding diaryl/α,β-unsaturated/α-hetero) is 1. The van der Waals surface area contributed by atoms with Crippen molar-refractivity contribution < 1.29 is 38.7 Å². The van der Waals surface area contributed by atoms with E-state index >= 15 is 0 Å². The van der Waals surface area contributed by atoms with Gasteiger partial charge in [0.05, 0.1) is 6.42 Å². The molecule has 11 rings (SSSR count). The molecule has 0 unspecified atom stereocenters. The van der Waals surface area contributed by atoms with Crippen molar-refractivity contribution in [2.24, 2.45) is 0 Å². The summed E-state index contributed by atoms with van der Waals surface area (Å²) in [4.78, 5) is 91.1. The van der Waals surface area contributed by atoms with Crippen molar-refractivity contribution in [1.29, 1.82) is 0 Å². The zero-order valence-corrected chi connectivity index (χ0v) is 49.9. The van der Waals surface area contributed by atoms with Crippen LogP contribution in [0, 0.1) is 0 Å². The molecule has 0 aromatic heterocycles. The van der Waals surface area contributed by atoms with Crippen molar-refractivity contribution in [3.8, 4) is 0 Å². The molecule has 488 valence electrons. The number of nitrogens with zero attached hydrogens (tertiary/aromatic N) is 6. The maximum atomic E-state index is 13.2. The minimum Gasteiger partial charge on any atom is -0.481 e. The minimum atomic E-state index is -1.03. The summed E-state index contributed by atoms with van der Waals surface area (Å²) < 4.78 is 0. The fourth-order valence-electron chi connectivity index (χ4n) is 10.7. The Balaban J connectivity index is 0.000000318. The zero-order chi connectivity index (χ0) is 61.4. The Morgan fingerprint density at radius 2 is 0.780 bits per heavy atom. The minimum absolute atomic E-state index is 0. The van der Waals surface area contributed by atoms with Crippen LogP contribution in [-0.2, 0) is 52.8 Å². The highest BCUT2D eigenvalue weighted by Crippen LogP contribution is 2.26. The van der Waals surface area contributed by atoms with Crippen molar-refractivity contribution >= 4 is 58.4 Å². The van der Waals surface area contributed by atoms with Gasteiger partial charge in [0.15, 0.2) is 0 Å². The second-order valence-electron chi connectivity index (χ2n) is 22.0. The van der Waals surface area contributed by atoms with Crippen LogP contribution in [0.3, 0.4) is 0 Å². The van der Waals surface area contributed by atoms with Gasteiger partial charge in [-0.1, -0.05) is 175 Å². The van der Waals surface area contributed by atoms with Crippen molar-refractivity contribution in [1.82, 2.24) is 24.5 Å². The van der Waals surface area contributed by atoms with Crippen LogP contribution in [0.4, 0.5) is 17.1 Å². The molecule has 5 aliphatic heterocycles. The number of benzene rings is 6. The van der Waals surface area contributed by atoms with Gasteiger partial charge in [-0.05, 0) is 98.0 Å². The summed E-state index contributed by atoms with van der Waals surface area (Å²) in [6, 6.07) is 62.3. The van der Waals surface area contributed by atoms with Gasteiger partial charge in [0, 0.05) is 145 Å². The highest BCUT2D eigenvalue weighted by atomic mass is 16.4. The predicted octanol–water partition coefficient (Wildman–Crippen LogP) is 11.9. The van der Waals surface area contributed by atoms with Gasteiger partial charge in [0.2, 0.25) is 5.91 Å². The molecule has 3 fully saturated rings. The average molecular weight is 1240 g/mol. The first kappa shape index (κ1) is 76.4. The van der Waals surface area contributed by atoms with Gasteiger partial charge in [-0.25, -0.2) is 0 Å². The van der Waals surface area contributed by atoms with Gasteiger partial charge in [0.1, 0.15) is 5.78 Å². The molecule has 0 bridgehead atoms. The molecule has 0 radical (unpaired) electrons. The second-order valence-corrected chi connectivity index (χ2v) is 22.0. The first-order valence-electron chi connectivity index (χ1n) is 30.5. The monoisotopic (exact) mass is 1240 g/mol. The fourth-order valence-corrected chi connectivity index (χ4v) is 10.7. The molecule has 3 saturated heterocycles. The lowest BCUT2D eigenvalue weighted by atomic mass is 10.0. The van der Waals surface area contributed by atoms with Crippen LogP contribution >= 0.6 is 0 Å². The molecule has 4 N–H and O–H groups in total. The van der Waals surface area contributed by atoms with Crippen LogP contribution in [-0.4, -0.2) is 155 Å². The van der Waals surface area contributed by atoms with Crippen LogP contribution in [0.1, 0.15) is 97.8 Å². The molecule has 91 heavy (non-hydrogen) atoms. The fraction of sp³-hybridized carbons (Fsp3) is 0.373. The molecular weight excluding hydrogens is 1140 g/mol. The Bertz CT molecular complexity index is 3070. The number of piperidine rings is 3. The van der Waals surface area contributed by atoms with Crippen molar-refractivity contribution in [2.75, 3.05) is 87.9 Å². The molecule has 6 aromatic carbocycles. The second kappa shape index (κ2) is 42.2. The van der Waals surface area contributed by atoms with Gasteiger partial charge in [-0.15, -0.1) is 0 Å². The molecule has 5 heterocycles. The van der Waals surface area contributed by atoms with E-state index < -0.39 is 17.8 Å². The normalized spacial score (nSPS) is 15.6. The third kappa shape index (κ3) is 27.4. The summed E-state index contributed by atoms with van der Waals surface area (Å²) in [6.45, 7) is 9.54. The Labute approximate surface area is 542 Å². The summed E-state index contributed by atoms with van der Waals surface area (Å²) >= 11 is 0. The highest BCUT2D eigenvalue weighted by Gasteiger charge is 2.31. The number of aliphatic carboxylic acids is 1. The number of hydrogen-bond acceptors (Lipinski definition) is 12. The Kier molecular flexibility index (Phi) is 35.4. The number of likely N-dealkylation sites (tertiary alicyclic amines) is 3. The number of nitrogen functional groups attached to an aromatic ring is 1. The number of anilines is 3. The number of carboxylic acid groups (broad SMARTS) is 1. The van der Waals surface area contributed by atoms with Gasteiger partial charge < -0.3 is 35.8 Å². The summed E-state index contributed by atoms with van der Waals surface area (Å²) in [5.41, 5.74) is 12.5. The molecule has 0 atom stereocenters. The van der Waals surface area contributed by atoms with Crippen LogP contribution in [0.5, 0.6) is 0 Å². The average Bonchev–Trinajstić information content (AvgIpc) is 1.57. The van der Waals surface area contributed by atoms with Crippen LogP contribution in [0.25, 0.3) is 0 Å². The van der Waals surface area contributed by atoms with E-state index in [1.807, 2.05) is 77.7 Å². The molecule has 5 amide bonds. The number of imide groups is 2. The van der Waals surface area contributed by atoms with Crippen LogP contribution < -0.4 is 16.0 Å². The molecule has 6 aromatic rings. The van der Waals surface area contributed by atoms with E-state index in [4.69, 9.17) is 10.8 Å². The maximum Gasteiger partial charge on any atom is 0.305 e. The van der Waals surface area contributed by atoms with Gasteiger partial charge in [-0.2, -0.15) is 0 Å². The van der Waals surface area contributed by atoms with E-state index in [2.05, 4.69) is 129 Å². The molecule has 0 aliphatic carbocycles. The van der Waals surface area contributed by atoms with Gasteiger partial charge in [0.25, 0.3) is 23.6 Å². The van der Waals surface area contributed by atoms with E-state index in [-0.39, 0.29) is 79.4 Å². The number of ketones is 1. The van der Waals surface area contributed by atoms with Crippen molar-refractivity contribution in [2.45, 2.75) is 112 Å². The maximum absolute atomic E-state index is 13.2. The number of rotatable bonds is 19. The molecular formula is C75H100N8O8. The van der Waals surface area contributed by atoms with E-state index in [0.717, 1.165) is 118 Å². The third-order valence-corrected chi connectivity index (χ3v) is 15.7. The highest BCUT2D eigenvalue weighted by molar-refractivity contribution is 6.13. The van der Waals surface area contributed by atoms with E-state index in [1.165, 1.54) is 67.0 Å². The number of nitrogens with one attached hydrogen (secondary N) is 1. The number of carboxylic acids is 1. The zero-order valence-electron chi connectivity index (χ0n) is 49.9. The molecule has 0 saturated carbocycles. The molecule has 0 spiro atoms. The van der Waals surface area contributed by atoms with E-state index in [9.17, 15) is 33.6 Å². The smallest absolute Gasteiger partial charge is 0.305 e. The summed E-state index contributed by atoms with van der Waals surface area (Å²) in [5, 5.41) is 11.9. The lowest BCUT2D eigenvalue weighted by Gasteiger charge is -2.39. The first-order valence-corrected chi connectivity index (χ1v) is 30.5. The van der Waals surface area contributed by atoms with Crippen LogP contribution in [0.2, 0.25) is 0 Å². The van der Waals surface area contributed by atoms with Crippen molar-refractivity contribution in [3.63, 3.8) is 0 Å². The standard InChI is InChI=1S/C26H29N3O3.C19H24N2.C13H17NO.C7H7NO4.C6H7N.4CH4/c30-24-11-12-25(31)28(24)20-16-26(32)29(22-9-5-2-6-10-22)23-14-18-27(19-15-23)17-13-21-7-3-1-4-8-21;1-3-7-17(8-4-1)11-14-21-15-12-19(13-16-21)20-18-9-5-2-6-10-18;15-13-7-10-14(11-8-13)9-6-12-4-2-1-3-5-12;9-5-1-2-6(10)8(5)4-3-7(11)12;7-6-4-2-1-3-5-6;;;;/h1-12,23H,13-20H2;1-10,19-20H,11-16H2;1-5H,6-11H2;1-2H,3-4H2,(H,11,12);1-5H,7H2;4*1H4. The molecule has 5 aliphatic rings. The van der Waals surface area contributed by atoms with E-state index in [1.54, 1.807) is 0 Å². The number of para-hydroxylation sites is 3. The molecule has 16 heteroatoms. The predicted molar refractivity (Wildman–Crippen MR) is 370 cm³/mol. The Morgan fingerprint density at radius 3 is 1.15 bits per heavy atom. The summed E-state index contributed by atoms with van der Waals surface area (Å²) in [5.74, 6) is -2.23. The number of amides is 5. The number of nitrogens with two attached hydrogens (primary N) is 1. The lowest BCUT2D eigenvalue weighted by Crippen LogP contribution is -2.48. The van der Waals surface area contributed by atoms with E-state index in [0.29, 0.717) is 11.8 Å². The first-order chi connectivity index (χ1) is 42.4. The van der Waals surface area contributed by atoms with Crippen LogP contribution in [0.15, 0.2) is 206 Å². The Hall–Kier alpha value is -8.83. The van der Waals surface area contributed by atoms with Gasteiger partial charge >= 0.3 is 5.97 Å². The number of hydrogen-bond donors (Lipinski definition) is 3. The Morgan fingerprint density at radius 1 is 0.440 bits per heavy atom. The number of carbonyl (C=O) groups is 7. The quantitative estimate of drug-likeness (QED) is 0.0512. The van der Waals surface area contributed by atoms with Gasteiger partial charge in [-0.3, -0.25) is 43.4 Å². The summed E-state index contributed by atoms with van der Waals surface area (Å²) in [7, 11) is 0. The topological polar surface area (TPSA) is 197 Å². The third-order valence-electron chi connectivity index (χ3n) is 15.7. The molecule has 16 nitrogen and oxygen atoms in total. The largest absolute Gasteiger partial charge is 0.481 e. The summed E-state index contributed by atoms with van der Waals surface area (Å²) in [6.07, 6.45) is 13.7. The SMILES string of the molecule is C.C.C.C.Nc1ccccc1.O=C(O)CCN1C(=O)C=CC1=O.O=C1C=CC(=O)N1CCC(=O)N(c1ccccc1)C1CCN(CCc2ccccc2)CC1.O=C1CCN(CCc2ccccc2)CC1.c1ccc(CCN2CCC(Nc3ccccc3)CC2)cc1. The van der Waals surface area contributed by atoms with Crippen molar-refractivity contribution in [3.05, 3.63) is 223 Å². The number of carbonyl (C=O) groups excluding carboxylic acids is 6. The lowest BCUT2D eigenvalue weighted by molar-refractivity contribution is -0.141.